The maximum atomic E-state index is 9.02. The summed E-state index contributed by atoms with van der Waals surface area (Å²) in [6, 6.07) is 17.6. The van der Waals surface area contributed by atoms with E-state index in [9.17, 15) is 0 Å². The van der Waals surface area contributed by atoms with Gasteiger partial charge < -0.3 is 10.1 Å². The largest absolute Gasteiger partial charge is 0.492 e. The van der Waals surface area contributed by atoms with Gasteiger partial charge in [-0.2, -0.15) is 5.26 Å². The van der Waals surface area contributed by atoms with Crippen LogP contribution in [0.25, 0.3) is 0 Å². The summed E-state index contributed by atoms with van der Waals surface area (Å²) in [4.78, 5) is 0. The van der Waals surface area contributed by atoms with E-state index < -0.39 is 0 Å². The Morgan fingerprint density at radius 2 is 1.95 bits per heavy atom. The molecule has 0 fully saturated rings. The second-order valence-electron chi connectivity index (χ2n) is 4.25. The summed E-state index contributed by atoms with van der Waals surface area (Å²) in [6.45, 7) is 3.22. The van der Waals surface area contributed by atoms with E-state index in [0.717, 1.165) is 17.0 Å². The van der Waals surface area contributed by atoms with Crippen LogP contribution >= 0.6 is 0 Å². The van der Waals surface area contributed by atoms with Gasteiger partial charge >= 0.3 is 0 Å². The Balaban J connectivity index is 1.86. The molecule has 0 radical (unpaired) electrons. The molecule has 0 saturated heterocycles. The van der Waals surface area contributed by atoms with Crippen LogP contribution in [0.1, 0.15) is 11.1 Å². The van der Waals surface area contributed by atoms with Gasteiger partial charge in [-0.1, -0.05) is 24.3 Å². The highest BCUT2D eigenvalue weighted by atomic mass is 16.5. The molecule has 0 heterocycles. The molecule has 96 valence electrons. The number of para-hydroxylation sites is 1. The minimum atomic E-state index is 0.558. The molecule has 3 nitrogen and oxygen atoms in total. The third-order valence-electron chi connectivity index (χ3n) is 2.72. The minimum Gasteiger partial charge on any atom is -0.492 e. The zero-order valence-corrected chi connectivity index (χ0v) is 10.9. The highest BCUT2D eigenvalue weighted by molar-refractivity contribution is 5.58. The summed E-state index contributed by atoms with van der Waals surface area (Å²) < 4.78 is 5.59. The molecular weight excluding hydrogens is 236 g/mol. The Bertz CT molecular complexity index is 573. The SMILES string of the molecule is Cc1ccc(C#N)c(NCCOc2ccccc2)c1. The van der Waals surface area contributed by atoms with Crippen LogP contribution in [-0.2, 0) is 0 Å². The molecule has 0 spiro atoms. The molecule has 2 rings (SSSR count). The van der Waals surface area contributed by atoms with Gasteiger partial charge in [-0.25, -0.2) is 0 Å². The first-order chi connectivity index (χ1) is 9.29. The highest BCUT2D eigenvalue weighted by Gasteiger charge is 2.01. The van der Waals surface area contributed by atoms with Crippen LogP contribution in [0.2, 0.25) is 0 Å². The topological polar surface area (TPSA) is 45.0 Å². The van der Waals surface area contributed by atoms with Crippen molar-refractivity contribution in [1.82, 2.24) is 0 Å². The molecule has 0 aliphatic heterocycles. The molecule has 19 heavy (non-hydrogen) atoms. The second-order valence-corrected chi connectivity index (χ2v) is 4.25. The summed E-state index contributed by atoms with van der Waals surface area (Å²) >= 11 is 0. The summed E-state index contributed by atoms with van der Waals surface area (Å²) in [5, 5.41) is 12.3. The van der Waals surface area contributed by atoms with Crippen LogP contribution in [0.3, 0.4) is 0 Å². The van der Waals surface area contributed by atoms with E-state index in [1.807, 2.05) is 55.5 Å². The van der Waals surface area contributed by atoms with E-state index in [1.54, 1.807) is 0 Å². The van der Waals surface area contributed by atoms with Gasteiger partial charge in [-0.3, -0.25) is 0 Å². The standard InChI is InChI=1S/C16H16N2O/c1-13-7-8-14(12-17)16(11-13)18-9-10-19-15-5-3-2-4-6-15/h2-8,11,18H,9-10H2,1H3. The average molecular weight is 252 g/mol. The molecule has 1 N–H and O–H groups in total. The normalized spacial score (nSPS) is 9.68. The van der Waals surface area contributed by atoms with Gasteiger partial charge in [0.15, 0.2) is 0 Å². The first-order valence-electron chi connectivity index (χ1n) is 6.22. The third kappa shape index (κ3) is 3.75. The Morgan fingerprint density at radius 3 is 2.68 bits per heavy atom. The Kier molecular flexibility index (Phi) is 4.41. The summed E-state index contributed by atoms with van der Waals surface area (Å²) in [5.41, 5.74) is 2.65. The van der Waals surface area contributed by atoms with Crippen LogP contribution < -0.4 is 10.1 Å². The van der Waals surface area contributed by atoms with Crippen molar-refractivity contribution >= 4 is 5.69 Å². The third-order valence-corrected chi connectivity index (χ3v) is 2.72. The molecule has 0 bridgehead atoms. The summed E-state index contributed by atoms with van der Waals surface area (Å²) in [5.74, 6) is 0.856. The minimum absolute atomic E-state index is 0.558. The molecule has 0 aliphatic carbocycles. The number of ether oxygens (including phenoxy) is 1. The molecule has 0 atom stereocenters. The van der Waals surface area contributed by atoms with Crippen LogP contribution in [0.15, 0.2) is 48.5 Å². The first kappa shape index (κ1) is 13.0. The number of hydrogen-bond acceptors (Lipinski definition) is 3. The number of anilines is 1. The smallest absolute Gasteiger partial charge is 0.119 e. The van der Waals surface area contributed by atoms with Crippen LogP contribution in [-0.4, -0.2) is 13.2 Å². The van der Waals surface area contributed by atoms with Crippen molar-refractivity contribution in [3.63, 3.8) is 0 Å². The van der Waals surface area contributed by atoms with E-state index in [4.69, 9.17) is 10.00 Å². The average Bonchev–Trinajstić information content (AvgIpc) is 2.45. The fraction of sp³-hybridized carbons (Fsp3) is 0.188. The van der Waals surface area contributed by atoms with Crippen molar-refractivity contribution in [2.24, 2.45) is 0 Å². The van der Waals surface area contributed by atoms with E-state index in [2.05, 4.69) is 11.4 Å². The maximum absolute atomic E-state index is 9.02. The summed E-state index contributed by atoms with van der Waals surface area (Å²) in [7, 11) is 0. The van der Waals surface area contributed by atoms with Crippen LogP contribution in [0.4, 0.5) is 5.69 Å². The first-order valence-corrected chi connectivity index (χ1v) is 6.22. The lowest BCUT2D eigenvalue weighted by atomic mass is 10.1. The van der Waals surface area contributed by atoms with E-state index in [-0.39, 0.29) is 0 Å². The molecule has 0 saturated carbocycles. The van der Waals surface area contributed by atoms with Gasteiger partial charge in [0.05, 0.1) is 11.3 Å². The lowest BCUT2D eigenvalue weighted by Crippen LogP contribution is -2.12. The van der Waals surface area contributed by atoms with E-state index in [0.29, 0.717) is 18.7 Å². The predicted molar refractivity (Wildman–Crippen MR) is 76.3 cm³/mol. The number of benzene rings is 2. The molecule has 2 aromatic rings. The fourth-order valence-corrected chi connectivity index (χ4v) is 1.77. The van der Waals surface area contributed by atoms with Gasteiger partial charge in [0, 0.05) is 6.54 Å². The molecule has 2 aromatic carbocycles. The lowest BCUT2D eigenvalue weighted by Gasteiger charge is -2.10. The van der Waals surface area contributed by atoms with Crippen molar-refractivity contribution in [3.8, 4) is 11.8 Å². The number of nitrogens with one attached hydrogen (secondary N) is 1. The predicted octanol–water partition coefficient (Wildman–Crippen LogP) is 3.36. The van der Waals surface area contributed by atoms with Crippen molar-refractivity contribution in [1.29, 1.82) is 5.26 Å². The molecular formula is C16H16N2O. The van der Waals surface area contributed by atoms with Gasteiger partial charge in [-0.05, 0) is 36.8 Å². The van der Waals surface area contributed by atoms with E-state index in [1.165, 1.54) is 0 Å². The molecule has 0 aliphatic rings. The van der Waals surface area contributed by atoms with Gasteiger partial charge in [-0.15, -0.1) is 0 Å². The number of nitriles is 1. The molecule has 0 unspecified atom stereocenters. The van der Waals surface area contributed by atoms with Crippen molar-refractivity contribution in [2.45, 2.75) is 6.92 Å². The zero-order valence-electron chi connectivity index (χ0n) is 10.9. The molecule has 0 amide bonds. The summed E-state index contributed by atoms with van der Waals surface area (Å²) in [6.07, 6.45) is 0. The van der Waals surface area contributed by atoms with Gasteiger partial charge in [0.1, 0.15) is 18.4 Å². The number of hydrogen-bond donors (Lipinski definition) is 1. The Hall–Kier alpha value is -2.47. The van der Waals surface area contributed by atoms with Gasteiger partial charge in [0.25, 0.3) is 0 Å². The lowest BCUT2D eigenvalue weighted by molar-refractivity contribution is 0.333. The van der Waals surface area contributed by atoms with E-state index >= 15 is 0 Å². The monoisotopic (exact) mass is 252 g/mol. The molecule has 3 heteroatoms. The number of nitrogens with zero attached hydrogens (tertiary/aromatic N) is 1. The second kappa shape index (κ2) is 6.46. The fourth-order valence-electron chi connectivity index (χ4n) is 1.77. The van der Waals surface area contributed by atoms with Crippen molar-refractivity contribution in [3.05, 3.63) is 59.7 Å². The quantitative estimate of drug-likeness (QED) is 0.830. The van der Waals surface area contributed by atoms with Crippen molar-refractivity contribution < 1.29 is 4.74 Å². The highest BCUT2D eigenvalue weighted by Crippen LogP contribution is 2.16. The Morgan fingerprint density at radius 1 is 1.16 bits per heavy atom. The Labute approximate surface area is 113 Å². The number of rotatable bonds is 5. The number of aryl methyl sites for hydroxylation is 1. The van der Waals surface area contributed by atoms with Gasteiger partial charge in [0.2, 0.25) is 0 Å². The maximum Gasteiger partial charge on any atom is 0.119 e. The molecule has 0 aromatic heterocycles. The van der Waals surface area contributed by atoms with Crippen molar-refractivity contribution in [2.75, 3.05) is 18.5 Å². The van der Waals surface area contributed by atoms with Crippen LogP contribution in [0, 0.1) is 18.3 Å². The van der Waals surface area contributed by atoms with Crippen LogP contribution in [0.5, 0.6) is 5.75 Å². The zero-order chi connectivity index (χ0) is 13.5.